The van der Waals surface area contributed by atoms with Gasteiger partial charge in [-0.15, -0.1) is 5.10 Å². The van der Waals surface area contributed by atoms with Crippen LogP contribution in [0.3, 0.4) is 0 Å². The smallest absolute Gasteiger partial charge is 0.233 e. The number of amides is 1. The molecule has 7 nitrogen and oxygen atoms in total. The summed E-state index contributed by atoms with van der Waals surface area (Å²) in [6, 6.07) is 16.1. The highest BCUT2D eigenvalue weighted by Gasteiger charge is 2.23. The van der Waals surface area contributed by atoms with Gasteiger partial charge in [0.1, 0.15) is 5.75 Å². The normalized spacial score (nSPS) is 14.1. The van der Waals surface area contributed by atoms with Crippen molar-refractivity contribution >= 4 is 23.4 Å². The number of anilines is 1. The van der Waals surface area contributed by atoms with E-state index in [0.717, 1.165) is 35.9 Å². The number of aromatic nitrogens is 3. The molecule has 1 fully saturated rings. The molecule has 0 saturated carbocycles. The van der Waals surface area contributed by atoms with Crippen molar-refractivity contribution in [3.05, 3.63) is 54.1 Å². The molecule has 0 spiro atoms. The van der Waals surface area contributed by atoms with Crippen LogP contribution >= 0.6 is 11.8 Å². The van der Waals surface area contributed by atoms with Gasteiger partial charge in [0, 0.05) is 31.7 Å². The number of ether oxygens (including phenoxy) is 1. The zero-order valence-electron chi connectivity index (χ0n) is 17.2. The Bertz CT molecular complexity index is 997. The number of hydrogen-bond donors (Lipinski definition) is 1. The summed E-state index contributed by atoms with van der Waals surface area (Å²) in [5.74, 6) is 2.03. The standard InChI is InChI=1S/C22H25N5O2S/c1-16-7-9-17(10-8-16)21-23-22(25-24-21)30-15-20(28)27-13-11-26(12-14-27)18-5-3-4-6-19(18)29-2/h3-10H,11-15H2,1-2H3,(H,23,24,25). The number of carbonyl (C=O) groups is 1. The molecule has 1 aliphatic heterocycles. The first-order valence-electron chi connectivity index (χ1n) is 9.92. The number of nitrogens with zero attached hydrogens (tertiary/aromatic N) is 4. The van der Waals surface area contributed by atoms with Gasteiger partial charge in [0.25, 0.3) is 0 Å². The fraction of sp³-hybridized carbons (Fsp3) is 0.318. The maximum atomic E-state index is 12.6. The van der Waals surface area contributed by atoms with Crippen molar-refractivity contribution < 1.29 is 9.53 Å². The molecule has 3 aromatic rings. The molecule has 1 aliphatic rings. The molecule has 4 rings (SSSR count). The lowest BCUT2D eigenvalue weighted by Crippen LogP contribution is -2.49. The molecule has 1 saturated heterocycles. The summed E-state index contributed by atoms with van der Waals surface area (Å²) in [7, 11) is 1.68. The number of para-hydroxylation sites is 2. The Morgan fingerprint density at radius 2 is 1.83 bits per heavy atom. The van der Waals surface area contributed by atoms with Gasteiger partial charge < -0.3 is 14.5 Å². The molecular weight excluding hydrogens is 398 g/mol. The summed E-state index contributed by atoms with van der Waals surface area (Å²) < 4.78 is 5.46. The van der Waals surface area contributed by atoms with E-state index in [1.54, 1.807) is 7.11 Å². The van der Waals surface area contributed by atoms with Gasteiger partial charge in [0.15, 0.2) is 5.82 Å². The topological polar surface area (TPSA) is 74.3 Å². The largest absolute Gasteiger partial charge is 0.495 e. The van der Waals surface area contributed by atoms with Crippen LogP contribution in [0.2, 0.25) is 0 Å². The molecule has 1 amide bonds. The lowest BCUT2D eigenvalue weighted by molar-refractivity contribution is -0.128. The molecule has 0 bridgehead atoms. The zero-order valence-corrected chi connectivity index (χ0v) is 18.0. The van der Waals surface area contributed by atoms with Crippen LogP contribution < -0.4 is 9.64 Å². The number of hydrogen-bond acceptors (Lipinski definition) is 6. The third-order valence-corrected chi connectivity index (χ3v) is 6.00. The van der Waals surface area contributed by atoms with Crippen LogP contribution in [0.4, 0.5) is 5.69 Å². The molecule has 1 aromatic heterocycles. The predicted molar refractivity (Wildman–Crippen MR) is 119 cm³/mol. The van der Waals surface area contributed by atoms with E-state index < -0.39 is 0 Å². The lowest BCUT2D eigenvalue weighted by Gasteiger charge is -2.36. The fourth-order valence-corrected chi connectivity index (χ4v) is 4.16. The molecular formula is C22H25N5O2S. The van der Waals surface area contributed by atoms with Gasteiger partial charge in [-0.1, -0.05) is 53.7 Å². The molecule has 156 valence electrons. The van der Waals surface area contributed by atoms with E-state index >= 15 is 0 Å². The van der Waals surface area contributed by atoms with Crippen molar-refractivity contribution in [1.29, 1.82) is 0 Å². The van der Waals surface area contributed by atoms with Crippen LogP contribution in [0.5, 0.6) is 5.75 Å². The maximum Gasteiger partial charge on any atom is 0.233 e. The Labute approximate surface area is 180 Å². The van der Waals surface area contributed by atoms with E-state index in [0.29, 0.717) is 24.0 Å². The highest BCUT2D eigenvalue weighted by molar-refractivity contribution is 7.99. The minimum atomic E-state index is 0.112. The first kappa shape index (κ1) is 20.3. The van der Waals surface area contributed by atoms with Crippen LogP contribution in [0, 0.1) is 6.92 Å². The van der Waals surface area contributed by atoms with Crippen LogP contribution in [-0.2, 0) is 4.79 Å². The van der Waals surface area contributed by atoms with Gasteiger partial charge in [-0.2, -0.15) is 0 Å². The maximum absolute atomic E-state index is 12.6. The summed E-state index contributed by atoms with van der Waals surface area (Å²) in [6.07, 6.45) is 0. The summed E-state index contributed by atoms with van der Waals surface area (Å²) >= 11 is 1.37. The SMILES string of the molecule is COc1ccccc1N1CCN(C(=O)CSc2n[nH]c(-c3ccc(C)cc3)n2)CC1. The van der Waals surface area contributed by atoms with Crippen molar-refractivity contribution in [3.8, 4) is 17.1 Å². The number of aryl methyl sites for hydroxylation is 1. The number of rotatable bonds is 6. The highest BCUT2D eigenvalue weighted by Crippen LogP contribution is 2.28. The van der Waals surface area contributed by atoms with Crippen molar-refractivity contribution in [3.63, 3.8) is 0 Å². The first-order chi connectivity index (χ1) is 14.6. The monoisotopic (exact) mass is 423 g/mol. The molecule has 2 aromatic carbocycles. The minimum Gasteiger partial charge on any atom is -0.495 e. The number of carbonyl (C=O) groups excluding carboxylic acids is 1. The summed E-state index contributed by atoms with van der Waals surface area (Å²) in [6.45, 7) is 5.01. The van der Waals surface area contributed by atoms with Crippen LogP contribution in [0.1, 0.15) is 5.56 Å². The zero-order chi connectivity index (χ0) is 20.9. The minimum absolute atomic E-state index is 0.112. The Balaban J connectivity index is 1.29. The predicted octanol–water partition coefficient (Wildman–Crippen LogP) is 3.23. The third-order valence-electron chi connectivity index (χ3n) is 5.17. The van der Waals surface area contributed by atoms with Crippen LogP contribution in [0.25, 0.3) is 11.4 Å². The first-order valence-corrected chi connectivity index (χ1v) is 10.9. The Morgan fingerprint density at radius 1 is 1.10 bits per heavy atom. The van der Waals surface area contributed by atoms with Gasteiger partial charge in [0.2, 0.25) is 11.1 Å². The van der Waals surface area contributed by atoms with Gasteiger partial charge in [-0.25, -0.2) is 4.98 Å². The number of nitrogens with one attached hydrogen (secondary N) is 1. The molecule has 30 heavy (non-hydrogen) atoms. The second-order valence-electron chi connectivity index (χ2n) is 7.16. The second-order valence-corrected chi connectivity index (χ2v) is 8.10. The number of H-pyrrole nitrogens is 1. The number of methoxy groups -OCH3 is 1. The van der Waals surface area contributed by atoms with E-state index in [1.807, 2.05) is 54.3 Å². The molecule has 0 radical (unpaired) electrons. The lowest BCUT2D eigenvalue weighted by atomic mass is 10.1. The quantitative estimate of drug-likeness (QED) is 0.614. The Hall–Kier alpha value is -3.00. The van der Waals surface area contributed by atoms with E-state index in [2.05, 4.69) is 26.1 Å². The Kier molecular flexibility index (Phi) is 6.23. The molecule has 1 N–H and O–H groups in total. The average Bonchev–Trinajstić information content (AvgIpc) is 3.27. The summed E-state index contributed by atoms with van der Waals surface area (Å²) in [4.78, 5) is 21.3. The van der Waals surface area contributed by atoms with E-state index in [-0.39, 0.29) is 5.91 Å². The fourth-order valence-electron chi connectivity index (χ4n) is 3.46. The molecule has 0 unspecified atom stereocenters. The molecule has 2 heterocycles. The van der Waals surface area contributed by atoms with Crippen molar-refractivity contribution in [2.45, 2.75) is 12.1 Å². The van der Waals surface area contributed by atoms with Gasteiger partial charge >= 0.3 is 0 Å². The second kappa shape index (κ2) is 9.21. The number of benzene rings is 2. The van der Waals surface area contributed by atoms with E-state index in [1.165, 1.54) is 17.3 Å². The molecule has 8 heteroatoms. The third kappa shape index (κ3) is 4.59. The number of piperazine rings is 1. The van der Waals surface area contributed by atoms with Crippen LogP contribution in [0.15, 0.2) is 53.7 Å². The van der Waals surface area contributed by atoms with Crippen LogP contribution in [-0.4, -0.2) is 65.0 Å². The van der Waals surface area contributed by atoms with E-state index in [9.17, 15) is 4.79 Å². The summed E-state index contributed by atoms with van der Waals surface area (Å²) in [5.41, 5.74) is 3.26. The van der Waals surface area contributed by atoms with Gasteiger partial charge in [-0.05, 0) is 19.1 Å². The van der Waals surface area contributed by atoms with Crippen molar-refractivity contribution in [2.24, 2.45) is 0 Å². The van der Waals surface area contributed by atoms with Gasteiger partial charge in [-0.3, -0.25) is 9.89 Å². The molecule has 0 atom stereocenters. The number of aromatic amines is 1. The van der Waals surface area contributed by atoms with Crippen molar-refractivity contribution in [1.82, 2.24) is 20.1 Å². The summed E-state index contributed by atoms with van der Waals surface area (Å²) in [5, 5.41) is 7.78. The number of thioether (sulfide) groups is 1. The highest BCUT2D eigenvalue weighted by atomic mass is 32.2. The Morgan fingerprint density at radius 3 is 2.57 bits per heavy atom. The molecule has 0 aliphatic carbocycles. The van der Waals surface area contributed by atoms with Gasteiger partial charge in [0.05, 0.1) is 18.6 Å². The van der Waals surface area contributed by atoms with E-state index in [4.69, 9.17) is 4.74 Å². The van der Waals surface area contributed by atoms with Crippen molar-refractivity contribution in [2.75, 3.05) is 43.9 Å². The average molecular weight is 424 g/mol.